The summed E-state index contributed by atoms with van der Waals surface area (Å²) in [5.74, 6) is 0.543. The molecule has 16 heteroatoms. The Hall–Kier alpha value is -5.35. The normalized spacial score (nSPS) is 20.2. The third-order valence-electron chi connectivity index (χ3n) is 10.0. The highest BCUT2D eigenvalue weighted by Gasteiger charge is 2.42. The van der Waals surface area contributed by atoms with Crippen LogP contribution in [0.4, 0.5) is 14.9 Å². The second-order valence-corrected chi connectivity index (χ2v) is 14.7. The molecule has 284 valence electrons. The van der Waals surface area contributed by atoms with Crippen LogP contribution in [-0.4, -0.2) is 116 Å². The number of amidine groups is 1. The van der Waals surface area contributed by atoms with Gasteiger partial charge in [0, 0.05) is 84.9 Å². The van der Waals surface area contributed by atoms with E-state index in [2.05, 4.69) is 15.2 Å². The van der Waals surface area contributed by atoms with E-state index in [1.807, 2.05) is 34.5 Å². The first kappa shape index (κ1) is 36.6. The van der Waals surface area contributed by atoms with Crippen LogP contribution < -0.4 is 15.0 Å². The molecule has 4 aliphatic rings. The van der Waals surface area contributed by atoms with E-state index in [-0.39, 0.29) is 28.6 Å². The zero-order valence-electron chi connectivity index (χ0n) is 29.8. The average Bonchev–Trinajstić information content (AvgIpc) is 3.86. The van der Waals surface area contributed by atoms with E-state index in [0.717, 1.165) is 5.69 Å². The topological polar surface area (TPSA) is 129 Å². The van der Waals surface area contributed by atoms with E-state index in [0.29, 0.717) is 98.2 Å². The van der Waals surface area contributed by atoms with Crippen molar-refractivity contribution in [3.05, 3.63) is 117 Å². The number of ether oxygens (including phenoxy) is 3. The fourth-order valence-electron chi connectivity index (χ4n) is 7.27. The number of rotatable bonds is 9. The van der Waals surface area contributed by atoms with Gasteiger partial charge in [-0.2, -0.15) is 0 Å². The number of anilines is 1. The summed E-state index contributed by atoms with van der Waals surface area (Å²) < 4.78 is 30.7. The van der Waals surface area contributed by atoms with Gasteiger partial charge in [-0.25, -0.2) is 19.0 Å². The minimum Gasteiger partial charge on any atom is -0.466 e. The fourth-order valence-corrected chi connectivity index (χ4v) is 8.13. The van der Waals surface area contributed by atoms with Crippen LogP contribution in [0.1, 0.15) is 27.0 Å². The number of aromatic nitrogens is 1. The zero-order valence-corrected chi connectivity index (χ0v) is 31.4. The summed E-state index contributed by atoms with van der Waals surface area (Å²) in [4.78, 5) is 56.7. The number of methoxy groups -OCH3 is 1. The minimum atomic E-state index is -0.864. The molecule has 8 rings (SSSR count). The highest BCUT2D eigenvalue weighted by Crippen LogP contribution is 2.37. The molecule has 3 saturated heterocycles. The monoisotopic (exact) mass is 785 g/mol. The largest absolute Gasteiger partial charge is 0.466 e. The Morgan fingerprint density at radius 3 is 2.44 bits per heavy atom. The van der Waals surface area contributed by atoms with Gasteiger partial charge in [-0.15, -0.1) is 11.3 Å². The van der Waals surface area contributed by atoms with E-state index in [1.54, 1.807) is 40.3 Å². The van der Waals surface area contributed by atoms with Gasteiger partial charge in [0.05, 0.1) is 31.9 Å². The molecule has 0 aliphatic carbocycles. The first-order valence-electron chi connectivity index (χ1n) is 17.8. The van der Waals surface area contributed by atoms with Gasteiger partial charge < -0.3 is 29.3 Å². The molecule has 0 unspecified atom stereocenters. The lowest BCUT2D eigenvalue weighted by atomic mass is 9.95. The number of morpholine rings is 1. The molecule has 2 atom stereocenters. The Balaban J connectivity index is 0.951. The molecule has 55 heavy (non-hydrogen) atoms. The predicted octanol–water partition coefficient (Wildman–Crippen LogP) is 5.34. The predicted molar refractivity (Wildman–Crippen MR) is 204 cm³/mol. The van der Waals surface area contributed by atoms with E-state index in [9.17, 15) is 18.8 Å². The zero-order chi connectivity index (χ0) is 38.1. The lowest BCUT2D eigenvalue weighted by Crippen LogP contribution is -2.53. The van der Waals surface area contributed by atoms with Crippen molar-refractivity contribution >= 4 is 52.4 Å². The molecule has 4 aliphatic heterocycles. The van der Waals surface area contributed by atoms with Crippen LogP contribution in [0.15, 0.2) is 94.6 Å². The summed E-state index contributed by atoms with van der Waals surface area (Å²) >= 11 is 7.91. The number of carbonyl (C=O) groups excluding carboxylic acids is 3. The summed E-state index contributed by atoms with van der Waals surface area (Å²) in [6.45, 7) is 4.66. The van der Waals surface area contributed by atoms with Crippen molar-refractivity contribution in [2.75, 3.05) is 71.0 Å². The number of hydrogen-bond acceptors (Lipinski definition) is 11. The Kier molecular flexibility index (Phi) is 10.5. The summed E-state index contributed by atoms with van der Waals surface area (Å²) in [5.41, 5.74) is 2.64. The number of fused-ring (bicyclic) bond motifs is 1. The van der Waals surface area contributed by atoms with E-state index < -0.39 is 17.8 Å². The van der Waals surface area contributed by atoms with Gasteiger partial charge in [0.2, 0.25) is 0 Å². The van der Waals surface area contributed by atoms with Crippen LogP contribution in [0.2, 0.25) is 5.02 Å². The maximum Gasteiger partial charge on any atom is 0.338 e. The lowest BCUT2D eigenvalue weighted by molar-refractivity contribution is -0.136. The molecule has 4 aromatic rings. The number of nitrogens with zero attached hydrogens (tertiary/aromatic N) is 6. The Morgan fingerprint density at radius 2 is 1.75 bits per heavy atom. The molecule has 3 aromatic carbocycles. The van der Waals surface area contributed by atoms with Crippen molar-refractivity contribution in [1.82, 2.24) is 25.0 Å². The molecule has 0 spiro atoms. The highest BCUT2D eigenvalue weighted by atomic mass is 35.5. The average molecular weight is 786 g/mol. The van der Waals surface area contributed by atoms with Crippen molar-refractivity contribution in [1.29, 1.82) is 0 Å². The van der Waals surface area contributed by atoms with Crippen molar-refractivity contribution in [3.63, 3.8) is 0 Å². The van der Waals surface area contributed by atoms with Crippen LogP contribution in [0.25, 0.3) is 0 Å². The number of esters is 1. The van der Waals surface area contributed by atoms with Crippen LogP contribution in [0.3, 0.4) is 0 Å². The van der Waals surface area contributed by atoms with Gasteiger partial charge in [0.15, 0.2) is 10.8 Å². The molecule has 13 nitrogen and oxygen atoms in total. The molecule has 0 bridgehead atoms. The molecular weight excluding hydrogens is 749 g/mol. The van der Waals surface area contributed by atoms with Crippen LogP contribution in [0.5, 0.6) is 11.5 Å². The number of aliphatic imine (C=N–C) groups is 1. The van der Waals surface area contributed by atoms with Crippen molar-refractivity contribution in [2.24, 2.45) is 4.99 Å². The van der Waals surface area contributed by atoms with Crippen LogP contribution in [0, 0.1) is 5.82 Å². The fraction of sp³-hybridized carbons (Fsp3) is 0.308. The Bertz CT molecular complexity index is 2140. The number of carbonyl (C=O) groups is 3. The molecule has 3 amide bonds. The van der Waals surface area contributed by atoms with Gasteiger partial charge in [-0.05, 0) is 60.7 Å². The number of hydrogen-bond donors (Lipinski definition) is 1. The molecule has 5 heterocycles. The number of benzene rings is 3. The molecule has 1 aromatic heterocycles. The second kappa shape index (κ2) is 15.8. The summed E-state index contributed by atoms with van der Waals surface area (Å²) in [6.07, 6.45) is 1.67. The van der Waals surface area contributed by atoms with Crippen molar-refractivity contribution in [2.45, 2.75) is 12.1 Å². The van der Waals surface area contributed by atoms with Gasteiger partial charge in [0.25, 0.3) is 5.91 Å². The molecular formula is C39H37ClFN7O6S. The van der Waals surface area contributed by atoms with Gasteiger partial charge >= 0.3 is 12.0 Å². The third-order valence-corrected chi connectivity index (χ3v) is 11.1. The number of nitrogens with one attached hydrogen (secondary N) is 1. The maximum absolute atomic E-state index is 14.1. The van der Waals surface area contributed by atoms with Crippen molar-refractivity contribution in [3.8, 4) is 11.5 Å². The Labute approximate surface area is 325 Å². The Morgan fingerprint density at radius 1 is 1.00 bits per heavy atom. The van der Waals surface area contributed by atoms with E-state index >= 15 is 0 Å². The first-order valence-corrected chi connectivity index (χ1v) is 19.1. The van der Waals surface area contributed by atoms with Crippen LogP contribution >= 0.6 is 22.9 Å². The standard InChI is InChI=1S/C39H37ClFN7O6S/c1-52-38(50)33-32(43-35(36-42-12-19-55-36)44-34(33)30-11-4-25(41)20-31(30)40)23-45-13-14-47-27(21-45)22-48(39(47)51)26-5-9-29(10-6-26)54-28-7-2-24(3-8-28)37(49)46-15-17-53-18-16-46/h2-12,19-20,27,34H,13-18,21-23H2,1H3,(H,43,44)/t27-,34-/m0/s1. The summed E-state index contributed by atoms with van der Waals surface area (Å²) in [6, 6.07) is 17.4. The summed E-state index contributed by atoms with van der Waals surface area (Å²) in [5, 5.41) is 5.93. The van der Waals surface area contributed by atoms with E-state index in [1.165, 1.54) is 36.6 Å². The van der Waals surface area contributed by atoms with Crippen LogP contribution in [-0.2, 0) is 14.3 Å². The highest BCUT2D eigenvalue weighted by molar-refractivity contribution is 7.11. The number of halogens is 2. The molecule has 0 saturated carbocycles. The molecule has 3 fully saturated rings. The number of piperazine rings is 1. The van der Waals surface area contributed by atoms with Gasteiger partial charge in [-0.1, -0.05) is 17.7 Å². The number of thiazole rings is 1. The lowest BCUT2D eigenvalue weighted by Gasteiger charge is -2.38. The SMILES string of the molecule is COC(=O)C1=C(CN2CCN3C(=O)N(c4ccc(Oc5ccc(C(=O)N6CCOCC6)cc5)cc4)C[C@@H]3C2)NC(c2nccs2)=N[C@H]1c1ccc(F)cc1Cl. The van der Waals surface area contributed by atoms with Crippen molar-refractivity contribution < 1.29 is 33.0 Å². The van der Waals surface area contributed by atoms with Gasteiger partial charge in [-0.3, -0.25) is 19.6 Å². The molecule has 1 N–H and O–H groups in total. The van der Waals surface area contributed by atoms with E-state index in [4.69, 9.17) is 30.8 Å². The molecule has 0 radical (unpaired) electrons. The van der Waals surface area contributed by atoms with Gasteiger partial charge in [0.1, 0.15) is 23.4 Å². The smallest absolute Gasteiger partial charge is 0.338 e. The quantitative estimate of drug-likeness (QED) is 0.224. The summed E-state index contributed by atoms with van der Waals surface area (Å²) in [7, 11) is 1.31. The first-order chi connectivity index (χ1) is 26.7. The maximum atomic E-state index is 14.1. The second-order valence-electron chi connectivity index (χ2n) is 13.4. The number of amides is 3. The third kappa shape index (κ3) is 7.65. The number of urea groups is 1. The minimum absolute atomic E-state index is 0.0289.